The van der Waals surface area contributed by atoms with Crippen LogP contribution in [0.25, 0.3) is 0 Å². The Morgan fingerprint density at radius 3 is 2.48 bits per heavy atom. The van der Waals surface area contributed by atoms with Gasteiger partial charge in [-0.2, -0.15) is 0 Å². The monoisotopic (exact) mass is 314 g/mol. The summed E-state index contributed by atoms with van der Waals surface area (Å²) in [5.74, 6) is 1.19. The molecular formula is C17H22N4O2. The molecule has 1 heterocycles. The standard InChI is InChI=1S/C17H22N4O2/c1-4-10-18-14(11-13-8-6-5-7-9-13)19-15-12-16(22)21(3)17(23)20(15)2/h5-9,12H,4,10-11H2,1-3H3,(H,18,19). The number of anilines is 1. The van der Waals surface area contributed by atoms with Gasteiger partial charge in [0.05, 0.1) is 0 Å². The van der Waals surface area contributed by atoms with Crippen molar-refractivity contribution in [3.05, 3.63) is 62.8 Å². The second kappa shape index (κ2) is 7.58. The molecule has 0 spiro atoms. The molecule has 0 aliphatic rings. The third kappa shape index (κ3) is 4.18. The minimum Gasteiger partial charge on any atom is -0.330 e. The van der Waals surface area contributed by atoms with Crippen LogP contribution in [0.1, 0.15) is 18.9 Å². The van der Waals surface area contributed by atoms with Crippen LogP contribution in [0.3, 0.4) is 0 Å². The van der Waals surface area contributed by atoms with E-state index in [1.807, 2.05) is 30.3 Å². The number of benzene rings is 1. The molecule has 0 fully saturated rings. The van der Waals surface area contributed by atoms with E-state index in [2.05, 4.69) is 17.2 Å². The lowest BCUT2D eigenvalue weighted by Gasteiger charge is -2.14. The zero-order valence-electron chi connectivity index (χ0n) is 13.7. The summed E-state index contributed by atoms with van der Waals surface area (Å²) in [5.41, 5.74) is 0.406. The van der Waals surface area contributed by atoms with Crippen molar-refractivity contribution < 1.29 is 0 Å². The van der Waals surface area contributed by atoms with Crippen molar-refractivity contribution in [1.82, 2.24) is 9.13 Å². The average Bonchev–Trinajstić information content (AvgIpc) is 2.56. The Kier molecular flexibility index (Phi) is 5.51. The lowest BCUT2D eigenvalue weighted by molar-refractivity contribution is 0.693. The molecular weight excluding hydrogens is 292 g/mol. The van der Waals surface area contributed by atoms with Crippen LogP contribution in [0.15, 0.2) is 51.0 Å². The Bertz CT molecular complexity index is 804. The topological polar surface area (TPSA) is 68.4 Å². The van der Waals surface area contributed by atoms with E-state index in [0.29, 0.717) is 18.8 Å². The average molecular weight is 314 g/mol. The summed E-state index contributed by atoms with van der Waals surface area (Å²) in [6.45, 7) is 2.74. The van der Waals surface area contributed by atoms with Gasteiger partial charge in [0, 0.05) is 33.1 Å². The van der Waals surface area contributed by atoms with Crippen molar-refractivity contribution in [3.8, 4) is 0 Å². The SMILES string of the molecule is CCCN=C(Cc1ccccc1)Nc1cc(=O)n(C)c(=O)n1C. The Balaban J connectivity index is 2.32. The van der Waals surface area contributed by atoms with Crippen LogP contribution in [-0.4, -0.2) is 21.5 Å². The molecule has 1 N–H and O–H groups in total. The van der Waals surface area contributed by atoms with Crippen LogP contribution in [0.2, 0.25) is 0 Å². The van der Waals surface area contributed by atoms with E-state index in [9.17, 15) is 9.59 Å². The highest BCUT2D eigenvalue weighted by Gasteiger charge is 2.08. The minimum atomic E-state index is -0.366. The lowest BCUT2D eigenvalue weighted by Crippen LogP contribution is -2.38. The first-order valence-electron chi connectivity index (χ1n) is 7.64. The Hall–Kier alpha value is -2.63. The molecule has 0 amide bonds. The highest BCUT2D eigenvalue weighted by atomic mass is 16.2. The molecule has 23 heavy (non-hydrogen) atoms. The fourth-order valence-corrected chi connectivity index (χ4v) is 2.18. The van der Waals surface area contributed by atoms with Gasteiger partial charge in [0.1, 0.15) is 11.7 Å². The maximum Gasteiger partial charge on any atom is 0.332 e. The molecule has 1 aromatic carbocycles. The fourth-order valence-electron chi connectivity index (χ4n) is 2.18. The van der Waals surface area contributed by atoms with Gasteiger partial charge in [-0.3, -0.25) is 18.9 Å². The van der Waals surface area contributed by atoms with Gasteiger partial charge in [0.15, 0.2) is 0 Å². The molecule has 122 valence electrons. The summed E-state index contributed by atoms with van der Waals surface area (Å²) < 4.78 is 2.49. The number of amidine groups is 1. The molecule has 0 atom stereocenters. The number of hydrogen-bond donors (Lipinski definition) is 1. The number of aromatic nitrogens is 2. The maximum atomic E-state index is 12.0. The van der Waals surface area contributed by atoms with Crippen LogP contribution < -0.4 is 16.6 Å². The Labute approximate surface area is 135 Å². The zero-order chi connectivity index (χ0) is 16.8. The third-order valence-electron chi connectivity index (χ3n) is 3.54. The molecule has 2 aromatic rings. The van der Waals surface area contributed by atoms with Gasteiger partial charge in [-0.15, -0.1) is 0 Å². The molecule has 0 aliphatic carbocycles. The Morgan fingerprint density at radius 1 is 1.13 bits per heavy atom. The molecule has 0 aliphatic heterocycles. The predicted molar refractivity (Wildman–Crippen MR) is 93.3 cm³/mol. The fraction of sp³-hybridized carbons (Fsp3) is 0.353. The van der Waals surface area contributed by atoms with Gasteiger partial charge in [-0.05, 0) is 12.0 Å². The summed E-state index contributed by atoms with van der Waals surface area (Å²) in [5, 5.41) is 3.14. The summed E-state index contributed by atoms with van der Waals surface area (Å²) in [6.07, 6.45) is 1.54. The first-order valence-corrected chi connectivity index (χ1v) is 7.64. The molecule has 0 saturated heterocycles. The molecule has 0 radical (unpaired) electrons. The molecule has 0 bridgehead atoms. The number of nitrogens with one attached hydrogen (secondary N) is 1. The van der Waals surface area contributed by atoms with E-state index < -0.39 is 0 Å². The van der Waals surface area contributed by atoms with E-state index in [-0.39, 0.29) is 11.2 Å². The van der Waals surface area contributed by atoms with E-state index in [4.69, 9.17) is 0 Å². The van der Waals surface area contributed by atoms with Gasteiger partial charge < -0.3 is 5.32 Å². The smallest absolute Gasteiger partial charge is 0.330 e. The first-order chi connectivity index (χ1) is 11.0. The Morgan fingerprint density at radius 2 is 1.83 bits per heavy atom. The molecule has 0 saturated carbocycles. The van der Waals surface area contributed by atoms with Gasteiger partial charge >= 0.3 is 5.69 Å². The van der Waals surface area contributed by atoms with E-state index in [0.717, 1.165) is 22.4 Å². The van der Waals surface area contributed by atoms with Crippen LogP contribution in [0.5, 0.6) is 0 Å². The summed E-state index contributed by atoms with van der Waals surface area (Å²) >= 11 is 0. The highest BCUT2D eigenvalue weighted by molar-refractivity contribution is 5.96. The maximum absolute atomic E-state index is 12.0. The predicted octanol–water partition coefficient (Wildman–Crippen LogP) is 1.55. The van der Waals surface area contributed by atoms with E-state index in [1.54, 1.807) is 7.05 Å². The number of hydrogen-bond acceptors (Lipinski definition) is 3. The number of rotatable bonds is 5. The van der Waals surface area contributed by atoms with Crippen molar-refractivity contribution >= 4 is 11.7 Å². The lowest BCUT2D eigenvalue weighted by atomic mass is 10.1. The summed E-state index contributed by atoms with van der Waals surface area (Å²) in [6, 6.07) is 11.4. The number of aliphatic imine (C=N–C) groups is 1. The van der Waals surface area contributed by atoms with Crippen LogP contribution in [0.4, 0.5) is 5.82 Å². The van der Waals surface area contributed by atoms with Crippen molar-refractivity contribution in [2.75, 3.05) is 11.9 Å². The van der Waals surface area contributed by atoms with Crippen molar-refractivity contribution in [1.29, 1.82) is 0 Å². The van der Waals surface area contributed by atoms with Crippen LogP contribution >= 0.6 is 0 Å². The normalized spacial score (nSPS) is 11.5. The van der Waals surface area contributed by atoms with Gasteiger partial charge in [-0.25, -0.2) is 4.79 Å². The van der Waals surface area contributed by atoms with Gasteiger partial charge in [0.25, 0.3) is 5.56 Å². The van der Waals surface area contributed by atoms with Crippen molar-refractivity contribution in [2.45, 2.75) is 19.8 Å². The first kappa shape index (κ1) is 16.7. The molecule has 0 unspecified atom stereocenters. The van der Waals surface area contributed by atoms with Gasteiger partial charge in [-0.1, -0.05) is 37.3 Å². The van der Waals surface area contributed by atoms with E-state index >= 15 is 0 Å². The van der Waals surface area contributed by atoms with Gasteiger partial charge in [0.2, 0.25) is 0 Å². The quantitative estimate of drug-likeness (QED) is 0.672. The van der Waals surface area contributed by atoms with Crippen molar-refractivity contribution in [2.24, 2.45) is 19.1 Å². The van der Waals surface area contributed by atoms with E-state index in [1.165, 1.54) is 17.7 Å². The molecule has 6 heteroatoms. The third-order valence-corrected chi connectivity index (χ3v) is 3.54. The minimum absolute atomic E-state index is 0.342. The summed E-state index contributed by atoms with van der Waals surface area (Å²) in [7, 11) is 3.09. The number of nitrogens with zero attached hydrogens (tertiary/aromatic N) is 3. The zero-order valence-corrected chi connectivity index (χ0v) is 13.7. The second-order valence-electron chi connectivity index (χ2n) is 5.38. The van der Waals surface area contributed by atoms with Crippen LogP contribution in [-0.2, 0) is 20.5 Å². The molecule has 6 nitrogen and oxygen atoms in total. The molecule has 1 aromatic heterocycles. The molecule has 2 rings (SSSR count). The largest absolute Gasteiger partial charge is 0.332 e. The van der Waals surface area contributed by atoms with Crippen molar-refractivity contribution in [3.63, 3.8) is 0 Å². The summed E-state index contributed by atoms with van der Waals surface area (Å²) in [4.78, 5) is 28.4. The second-order valence-corrected chi connectivity index (χ2v) is 5.38. The van der Waals surface area contributed by atoms with Crippen LogP contribution in [0, 0.1) is 0 Å². The highest BCUT2D eigenvalue weighted by Crippen LogP contribution is 2.05.